The molecule has 0 amide bonds. The van der Waals surface area contributed by atoms with E-state index in [1.807, 2.05) is 6.92 Å². The standard InChI is InChI=1S/C13H21FN4O/c1-2-5-15-13-16-10-11(14)12(17-13)19-9-8-18-6-3-4-7-18/h10H,2-9H2,1H3,(H,15,16,17). The third kappa shape index (κ3) is 4.31. The minimum Gasteiger partial charge on any atom is -0.474 e. The van der Waals surface area contributed by atoms with Gasteiger partial charge < -0.3 is 10.1 Å². The first-order valence-electron chi connectivity index (χ1n) is 6.91. The Balaban J connectivity index is 1.83. The highest BCUT2D eigenvalue weighted by molar-refractivity contribution is 5.28. The van der Waals surface area contributed by atoms with Crippen LogP contribution in [0.5, 0.6) is 5.88 Å². The molecular weight excluding hydrogens is 247 g/mol. The molecule has 0 unspecified atom stereocenters. The topological polar surface area (TPSA) is 50.3 Å². The van der Waals surface area contributed by atoms with Gasteiger partial charge in [-0.1, -0.05) is 6.92 Å². The van der Waals surface area contributed by atoms with Crippen molar-refractivity contribution in [2.75, 3.05) is 38.1 Å². The van der Waals surface area contributed by atoms with Gasteiger partial charge in [0.25, 0.3) is 5.88 Å². The zero-order chi connectivity index (χ0) is 13.5. The Labute approximate surface area is 113 Å². The van der Waals surface area contributed by atoms with Crippen molar-refractivity contribution in [1.29, 1.82) is 0 Å². The molecule has 1 saturated heterocycles. The smallest absolute Gasteiger partial charge is 0.255 e. The van der Waals surface area contributed by atoms with Crippen LogP contribution in [0.3, 0.4) is 0 Å². The Morgan fingerprint density at radius 2 is 2.21 bits per heavy atom. The van der Waals surface area contributed by atoms with Crippen LogP contribution in [0.25, 0.3) is 0 Å². The second-order valence-corrected chi connectivity index (χ2v) is 4.67. The molecule has 0 aliphatic carbocycles. The summed E-state index contributed by atoms with van der Waals surface area (Å²) in [5.74, 6) is -0.0595. The summed E-state index contributed by atoms with van der Waals surface area (Å²) in [6.45, 7) is 6.31. The molecule has 2 rings (SSSR count). The predicted molar refractivity (Wildman–Crippen MR) is 71.9 cm³/mol. The van der Waals surface area contributed by atoms with Gasteiger partial charge in [-0.15, -0.1) is 0 Å². The Bertz CT molecular complexity index is 396. The Hall–Kier alpha value is -1.43. The number of likely N-dealkylation sites (tertiary alicyclic amines) is 1. The van der Waals surface area contributed by atoms with E-state index in [2.05, 4.69) is 20.2 Å². The fraction of sp³-hybridized carbons (Fsp3) is 0.692. The van der Waals surface area contributed by atoms with Crippen LogP contribution in [0.15, 0.2) is 6.20 Å². The van der Waals surface area contributed by atoms with Gasteiger partial charge in [-0.25, -0.2) is 4.98 Å². The number of ether oxygens (including phenoxy) is 1. The number of aromatic nitrogens is 2. The van der Waals surface area contributed by atoms with Gasteiger partial charge in [0.15, 0.2) is 0 Å². The van der Waals surface area contributed by atoms with Gasteiger partial charge in [-0.2, -0.15) is 9.37 Å². The van der Waals surface area contributed by atoms with Crippen LogP contribution in [-0.2, 0) is 0 Å². The summed E-state index contributed by atoms with van der Waals surface area (Å²) in [6.07, 6.45) is 4.60. The molecule has 0 atom stereocenters. The minimum atomic E-state index is -0.511. The van der Waals surface area contributed by atoms with E-state index in [0.29, 0.717) is 12.6 Å². The van der Waals surface area contributed by atoms with Crippen LogP contribution in [0, 0.1) is 5.82 Å². The summed E-state index contributed by atoms with van der Waals surface area (Å²) >= 11 is 0. The highest BCUT2D eigenvalue weighted by atomic mass is 19.1. The number of halogens is 1. The SMILES string of the molecule is CCCNc1ncc(F)c(OCCN2CCCC2)n1. The molecule has 19 heavy (non-hydrogen) atoms. The number of nitrogens with one attached hydrogen (secondary N) is 1. The maximum atomic E-state index is 13.5. The summed E-state index contributed by atoms with van der Waals surface area (Å²) in [5, 5.41) is 3.01. The summed E-state index contributed by atoms with van der Waals surface area (Å²) in [6, 6.07) is 0. The zero-order valence-electron chi connectivity index (χ0n) is 11.4. The molecule has 1 fully saturated rings. The van der Waals surface area contributed by atoms with E-state index >= 15 is 0 Å². The molecule has 106 valence electrons. The number of hydrogen-bond donors (Lipinski definition) is 1. The van der Waals surface area contributed by atoms with E-state index in [1.165, 1.54) is 12.8 Å². The number of rotatable bonds is 7. The first-order chi connectivity index (χ1) is 9.29. The van der Waals surface area contributed by atoms with Crippen LogP contribution in [-0.4, -0.2) is 47.7 Å². The molecule has 2 heterocycles. The van der Waals surface area contributed by atoms with E-state index in [-0.39, 0.29) is 5.88 Å². The van der Waals surface area contributed by atoms with Gasteiger partial charge in [-0.3, -0.25) is 4.90 Å². The average molecular weight is 268 g/mol. The van der Waals surface area contributed by atoms with Crippen molar-refractivity contribution in [2.45, 2.75) is 26.2 Å². The van der Waals surface area contributed by atoms with Crippen molar-refractivity contribution in [1.82, 2.24) is 14.9 Å². The van der Waals surface area contributed by atoms with Crippen LogP contribution >= 0.6 is 0 Å². The van der Waals surface area contributed by atoms with E-state index in [1.54, 1.807) is 0 Å². The highest BCUT2D eigenvalue weighted by Gasteiger charge is 2.12. The first-order valence-corrected chi connectivity index (χ1v) is 6.91. The van der Waals surface area contributed by atoms with Gasteiger partial charge >= 0.3 is 0 Å². The zero-order valence-corrected chi connectivity index (χ0v) is 11.4. The molecule has 0 spiro atoms. The van der Waals surface area contributed by atoms with Gasteiger partial charge in [0.05, 0.1) is 6.20 Å². The van der Waals surface area contributed by atoms with Crippen molar-refractivity contribution >= 4 is 5.95 Å². The normalized spacial score (nSPS) is 15.7. The fourth-order valence-electron chi connectivity index (χ4n) is 2.05. The van der Waals surface area contributed by atoms with Gasteiger partial charge in [0, 0.05) is 13.1 Å². The molecule has 6 heteroatoms. The molecule has 1 aliphatic heterocycles. The Morgan fingerprint density at radius 3 is 2.95 bits per heavy atom. The second-order valence-electron chi connectivity index (χ2n) is 4.67. The van der Waals surface area contributed by atoms with Crippen LogP contribution in [0.2, 0.25) is 0 Å². The molecule has 1 aliphatic rings. The summed E-state index contributed by atoms with van der Waals surface area (Å²) in [5.41, 5.74) is 0. The molecular formula is C13H21FN4O. The summed E-state index contributed by atoms with van der Waals surface area (Å²) < 4.78 is 18.9. The molecule has 0 saturated carbocycles. The largest absolute Gasteiger partial charge is 0.474 e. The van der Waals surface area contributed by atoms with Gasteiger partial charge in [0.1, 0.15) is 6.61 Å². The van der Waals surface area contributed by atoms with E-state index in [0.717, 1.165) is 38.8 Å². The van der Waals surface area contributed by atoms with E-state index < -0.39 is 5.82 Å². The maximum absolute atomic E-state index is 13.5. The third-order valence-electron chi connectivity index (χ3n) is 3.09. The molecule has 1 aromatic rings. The average Bonchev–Trinajstić information content (AvgIpc) is 2.92. The molecule has 5 nitrogen and oxygen atoms in total. The number of hydrogen-bond acceptors (Lipinski definition) is 5. The quantitative estimate of drug-likeness (QED) is 0.818. The lowest BCUT2D eigenvalue weighted by Gasteiger charge is -2.14. The lowest BCUT2D eigenvalue weighted by molar-refractivity contribution is 0.224. The van der Waals surface area contributed by atoms with Crippen LogP contribution in [0.4, 0.5) is 10.3 Å². The molecule has 0 aromatic carbocycles. The fourth-order valence-corrected chi connectivity index (χ4v) is 2.05. The van der Waals surface area contributed by atoms with E-state index in [9.17, 15) is 4.39 Å². The monoisotopic (exact) mass is 268 g/mol. The highest BCUT2D eigenvalue weighted by Crippen LogP contribution is 2.15. The lowest BCUT2D eigenvalue weighted by atomic mass is 10.4. The van der Waals surface area contributed by atoms with Crippen molar-refractivity contribution in [3.05, 3.63) is 12.0 Å². The Kier molecular flexibility index (Phi) is 5.32. The predicted octanol–water partition coefficient (Wildman–Crippen LogP) is 1.91. The maximum Gasteiger partial charge on any atom is 0.255 e. The van der Waals surface area contributed by atoms with Crippen LogP contribution < -0.4 is 10.1 Å². The molecule has 1 N–H and O–H groups in total. The van der Waals surface area contributed by atoms with Gasteiger partial charge in [-0.05, 0) is 32.4 Å². The number of anilines is 1. The number of nitrogens with zero attached hydrogens (tertiary/aromatic N) is 3. The molecule has 1 aromatic heterocycles. The van der Waals surface area contributed by atoms with E-state index in [4.69, 9.17) is 4.74 Å². The molecule has 0 radical (unpaired) electrons. The van der Waals surface area contributed by atoms with Crippen LogP contribution in [0.1, 0.15) is 26.2 Å². The molecule has 0 bridgehead atoms. The summed E-state index contributed by atoms with van der Waals surface area (Å²) in [4.78, 5) is 10.2. The second kappa shape index (κ2) is 7.23. The van der Waals surface area contributed by atoms with Crippen molar-refractivity contribution < 1.29 is 9.13 Å². The van der Waals surface area contributed by atoms with Crippen molar-refractivity contribution in [3.63, 3.8) is 0 Å². The minimum absolute atomic E-state index is 0.0350. The summed E-state index contributed by atoms with van der Waals surface area (Å²) in [7, 11) is 0. The van der Waals surface area contributed by atoms with Crippen molar-refractivity contribution in [2.24, 2.45) is 0 Å². The first kappa shape index (κ1) is 14.0. The van der Waals surface area contributed by atoms with Crippen molar-refractivity contribution in [3.8, 4) is 5.88 Å². The Morgan fingerprint density at radius 1 is 1.42 bits per heavy atom. The third-order valence-corrected chi connectivity index (χ3v) is 3.09. The lowest BCUT2D eigenvalue weighted by Crippen LogP contribution is -2.25. The van der Waals surface area contributed by atoms with Gasteiger partial charge in [0.2, 0.25) is 11.8 Å².